The van der Waals surface area contributed by atoms with Gasteiger partial charge in [-0.05, 0) is 65.6 Å². The van der Waals surface area contributed by atoms with Crippen molar-refractivity contribution in [3.05, 3.63) is 120 Å². The Labute approximate surface area is 234 Å². The van der Waals surface area contributed by atoms with Gasteiger partial charge in [0.05, 0.1) is 14.2 Å². The molecule has 0 aliphatic carbocycles. The molecule has 204 valence electrons. The Balaban J connectivity index is 1.35. The fourth-order valence-corrected chi connectivity index (χ4v) is 4.61. The largest absolute Gasteiger partial charge is 0.497 e. The van der Waals surface area contributed by atoms with E-state index in [1.807, 2.05) is 96.0 Å². The summed E-state index contributed by atoms with van der Waals surface area (Å²) in [5, 5.41) is 4.20. The monoisotopic (exact) mass is 535 g/mol. The quantitative estimate of drug-likeness (QED) is 0.190. The normalized spacial score (nSPS) is 10.8. The molecule has 0 aliphatic rings. The van der Waals surface area contributed by atoms with Crippen molar-refractivity contribution >= 4 is 22.6 Å². The number of H-pyrrole nitrogens is 1. The van der Waals surface area contributed by atoms with E-state index in [0.717, 1.165) is 22.4 Å². The molecule has 2 amide bonds. The van der Waals surface area contributed by atoms with Crippen LogP contribution in [-0.4, -0.2) is 36.7 Å². The molecule has 0 aliphatic heterocycles. The molecule has 0 saturated heterocycles. The highest BCUT2D eigenvalue weighted by atomic mass is 16.5. The minimum Gasteiger partial charge on any atom is -0.497 e. The number of para-hydroxylation sites is 1. The summed E-state index contributed by atoms with van der Waals surface area (Å²) in [6.45, 7) is 1.34. The van der Waals surface area contributed by atoms with Crippen LogP contribution in [0.15, 0.2) is 103 Å². The van der Waals surface area contributed by atoms with E-state index in [1.54, 1.807) is 14.2 Å². The summed E-state index contributed by atoms with van der Waals surface area (Å²) in [6.07, 6.45) is 2.72. The highest BCUT2D eigenvalue weighted by Crippen LogP contribution is 2.30. The van der Waals surface area contributed by atoms with Gasteiger partial charge in [-0.3, -0.25) is 0 Å². The van der Waals surface area contributed by atoms with E-state index in [0.29, 0.717) is 43.3 Å². The number of nitrogens with zero attached hydrogens (tertiary/aromatic N) is 1. The van der Waals surface area contributed by atoms with Crippen molar-refractivity contribution in [2.75, 3.05) is 26.1 Å². The first-order chi connectivity index (χ1) is 19.6. The number of rotatable bonds is 11. The number of carbonyl (C=O) groups excluding carboxylic acids is 1. The van der Waals surface area contributed by atoms with Crippen LogP contribution in [0.25, 0.3) is 10.9 Å². The van der Waals surface area contributed by atoms with Crippen LogP contribution in [0.3, 0.4) is 0 Å². The molecule has 0 radical (unpaired) electrons. The number of amides is 2. The van der Waals surface area contributed by atoms with Crippen LogP contribution in [0.2, 0.25) is 0 Å². The van der Waals surface area contributed by atoms with Crippen molar-refractivity contribution in [1.29, 1.82) is 0 Å². The molecule has 1 heterocycles. The molecule has 0 spiro atoms. The second-order valence-corrected chi connectivity index (χ2v) is 9.45. The molecule has 0 fully saturated rings. The van der Waals surface area contributed by atoms with E-state index >= 15 is 0 Å². The van der Waals surface area contributed by atoms with Crippen LogP contribution in [-0.2, 0) is 19.6 Å². The lowest BCUT2D eigenvalue weighted by molar-refractivity contribution is 0.209. The summed E-state index contributed by atoms with van der Waals surface area (Å²) in [7, 11) is 3.24. The van der Waals surface area contributed by atoms with Gasteiger partial charge in [0, 0.05) is 35.9 Å². The van der Waals surface area contributed by atoms with Crippen LogP contribution in [0, 0.1) is 0 Å². The van der Waals surface area contributed by atoms with Gasteiger partial charge >= 0.3 is 6.03 Å². The molecule has 2 N–H and O–H groups in total. The fourth-order valence-electron chi connectivity index (χ4n) is 4.61. The van der Waals surface area contributed by atoms with E-state index < -0.39 is 0 Å². The third-order valence-electron chi connectivity index (χ3n) is 6.79. The maximum Gasteiger partial charge on any atom is 0.322 e. The molecule has 5 rings (SSSR count). The molecule has 4 aromatic carbocycles. The van der Waals surface area contributed by atoms with Gasteiger partial charge in [-0.1, -0.05) is 54.6 Å². The summed E-state index contributed by atoms with van der Waals surface area (Å²) in [5.74, 6) is 2.01. The zero-order chi connectivity index (χ0) is 27.7. The van der Waals surface area contributed by atoms with Crippen LogP contribution >= 0.6 is 0 Å². The average Bonchev–Trinajstić information content (AvgIpc) is 3.42. The second kappa shape index (κ2) is 12.8. The van der Waals surface area contributed by atoms with Crippen LogP contribution in [0.1, 0.15) is 16.7 Å². The fraction of sp³-hybridized carbons (Fsp3) is 0.182. The number of carbonyl (C=O) groups is 1. The number of hydrogen-bond donors (Lipinski definition) is 2. The SMILES string of the molecule is COc1ccc(NC(=O)N(CCc2c[nH]c3ccccc23)Cc2ccc(OC)c(OCc3ccccc3)c2)cc1. The predicted molar refractivity (Wildman–Crippen MR) is 158 cm³/mol. The van der Waals surface area contributed by atoms with Gasteiger partial charge in [0.25, 0.3) is 0 Å². The molecule has 40 heavy (non-hydrogen) atoms. The lowest BCUT2D eigenvalue weighted by Gasteiger charge is -2.24. The Kier molecular flexibility index (Phi) is 8.51. The third-order valence-corrected chi connectivity index (χ3v) is 6.79. The van der Waals surface area contributed by atoms with Crippen molar-refractivity contribution in [2.24, 2.45) is 0 Å². The summed E-state index contributed by atoms with van der Waals surface area (Å²) in [6, 6.07) is 31.1. The summed E-state index contributed by atoms with van der Waals surface area (Å²) in [5.41, 5.74) is 4.95. The Morgan fingerprint density at radius 3 is 2.38 bits per heavy atom. The van der Waals surface area contributed by atoms with Crippen molar-refractivity contribution in [1.82, 2.24) is 9.88 Å². The first-order valence-electron chi connectivity index (χ1n) is 13.2. The summed E-state index contributed by atoms with van der Waals surface area (Å²) in [4.78, 5) is 18.7. The van der Waals surface area contributed by atoms with Gasteiger partial charge in [-0.2, -0.15) is 0 Å². The van der Waals surface area contributed by atoms with Crippen LogP contribution in [0.4, 0.5) is 10.5 Å². The molecular formula is C33H33N3O4. The van der Waals surface area contributed by atoms with Crippen molar-refractivity contribution < 1.29 is 19.0 Å². The van der Waals surface area contributed by atoms with Gasteiger partial charge in [0.1, 0.15) is 12.4 Å². The minimum absolute atomic E-state index is 0.187. The van der Waals surface area contributed by atoms with Gasteiger partial charge in [0.15, 0.2) is 11.5 Å². The highest BCUT2D eigenvalue weighted by molar-refractivity contribution is 5.89. The Hall–Kier alpha value is -4.91. The number of aromatic amines is 1. The standard InChI is InChI=1S/C33H33N3O4/c1-38-28-15-13-27(14-16-28)35-33(37)36(19-18-26-21-34-30-11-7-6-10-29(26)30)22-25-12-17-31(39-2)32(20-25)40-23-24-8-4-3-5-9-24/h3-17,20-21,34H,18-19,22-23H2,1-2H3,(H,35,37). The Morgan fingerprint density at radius 2 is 1.60 bits per heavy atom. The number of ether oxygens (including phenoxy) is 3. The topological polar surface area (TPSA) is 75.8 Å². The number of fused-ring (bicyclic) bond motifs is 1. The molecule has 0 bridgehead atoms. The molecule has 7 nitrogen and oxygen atoms in total. The highest BCUT2D eigenvalue weighted by Gasteiger charge is 2.17. The second-order valence-electron chi connectivity index (χ2n) is 9.45. The van der Waals surface area contributed by atoms with E-state index in [4.69, 9.17) is 14.2 Å². The first kappa shape index (κ1) is 26.7. The number of aromatic nitrogens is 1. The summed E-state index contributed by atoms with van der Waals surface area (Å²) < 4.78 is 16.9. The molecule has 1 aromatic heterocycles. The lowest BCUT2D eigenvalue weighted by atomic mass is 10.1. The number of nitrogens with one attached hydrogen (secondary N) is 2. The maximum absolute atomic E-state index is 13.5. The number of anilines is 1. The van der Waals surface area contributed by atoms with E-state index in [2.05, 4.69) is 22.4 Å². The molecule has 5 aromatic rings. The number of urea groups is 1. The zero-order valence-corrected chi connectivity index (χ0v) is 22.7. The number of benzene rings is 4. The lowest BCUT2D eigenvalue weighted by Crippen LogP contribution is -2.36. The molecule has 0 saturated carbocycles. The van der Waals surface area contributed by atoms with Crippen LogP contribution in [0.5, 0.6) is 17.2 Å². The molecule has 0 atom stereocenters. The third kappa shape index (κ3) is 6.56. The minimum atomic E-state index is -0.187. The van der Waals surface area contributed by atoms with E-state index in [-0.39, 0.29) is 6.03 Å². The van der Waals surface area contributed by atoms with Gasteiger partial charge in [-0.15, -0.1) is 0 Å². The molecular weight excluding hydrogens is 502 g/mol. The zero-order valence-electron chi connectivity index (χ0n) is 22.7. The Morgan fingerprint density at radius 1 is 0.825 bits per heavy atom. The van der Waals surface area contributed by atoms with Gasteiger partial charge in [0.2, 0.25) is 0 Å². The number of methoxy groups -OCH3 is 2. The van der Waals surface area contributed by atoms with E-state index in [9.17, 15) is 4.79 Å². The predicted octanol–water partition coefficient (Wildman–Crippen LogP) is 7.04. The van der Waals surface area contributed by atoms with E-state index in [1.165, 1.54) is 10.9 Å². The maximum atomic E-state index is 13.5. The number of hydrogen-bond acceptors (Lipinski definition) is 4. The Bertz CT molecular complexity index is 1550. The first-order valence-corrected chi connectivity index (χ1v) is 13.2. The van der Waals surface area contributed by atoms with Crippen molar-refractivity contribution in [3.8, 4) is 17.2 Å². The average molecular weight is 536 g/mol. The summed E-state index contributed by atoms with van der Waals surface area (Å²) >= 11 is 0. The van der Waals surface area contributed by atoms with Crippen molar-refractivity contribution in [2.45, 2.75) is 19.6 Å². The molecule has 0 unspecified atom stereocenters. The van der Waals surface area contributed by atoms with Gasteiger partial charge in [-0.25, -0.2) is 4.79 Å². The van der Waals surface area contributed by atoms with Crippen molar-refractivity contribution in [3.63, 3.8) is 0 Å². The van der Waals surface area contributed by atoms with Crippen LogP contribution < -0.4 is 19.5 Å². The molecule has 7 heteroatoms. The smallest absolute Gasteiger partial charge is 0.322 e. The van der Waals surface area contributed by atoms with Gasteiger partial charge < -0.3 is 29.4 Å².